The lowest BCUT2D eigenvalue weighted by Crippen LogP contribution is -1.84. The smallest absolute Gasteiger partial charge is 0.122 e. The van der Waals surface area contributed by atoms with Gasteiger partial charge in [-0.2, -0.15) is 0 Å². The molecule has 0 saturated heterocycles. The molecule has 0 aliphatic heterocycles. The van der Waals surface area contributed by atoms with Gasteiger partial charge in [-0.25, -0.2) is 0 Å². The fraction of sp³-hybridized carbons (Fsp3) is 0.286. The Balaban J connectivity index is 2.94. The number of hydrogen-bond acceptors (Lipinski definition) is 2. The van der Waals surface area contributed by atoms with Gasteiger partial charge in [0.05, 0.1) is 7.11 Å². The third kappa shape index (κ3) is 1.42. The predicted octanol–water partition coefficient (Wildman–Crippen LogP) is 1.40. The van der Waals surface area contributed by atoms with Gasteiger partial charge in [0.25, 0.3) is 0 Å². The summed E-state index contributed by atoms with van der Waals surface area (Å²) in [6.07, 6.45) is 1.73. The summed E-state index contributed by atoms with van der Waals surface area (Å²) in [5.41, 5.74) is 0.981. The number of methoxy groups -OCH3 is 1. The minimum Gasteiger partial charge on any atom is -0.497 e. The van der Waals surface area contributed by atoms with Crippen LogP contribution in [0.25, 0.3) is 0 Å². The van der Waals surface area contributed by atoms with Crippen molar-refractivity contribution < 1.29 is 4.74 Å². The average molecular weight is 123 g/mol. The summed E-state index contributed by atoms with van der Waals surface area (Å²) in [5.74, 6) is 0.863. The molecule has 0 unspecified atom stereocenters. The van der Waals surface area contributed by atoms with E-state index in [1.165, 1.54) is 0 Å². The van der Waals surface area contributed by atoms with E-state index in [1.54, 1.807) is 13.3 Å². The molecule has 2 nitrogen and oxygen atoms in total. The Hall–Kier alpha value is -1.05. The van der Waals surface area contributed by atoms with Crippen LogP contribution in [0.1, 0.15) is 5.69 Å². The highest BCUT2D eigenvalue weighted by Gasteiger charge is 1.87. The van der Waals surface area contributed by atoms with Crippen molar-refractivity contribution in [3.05, 3.63) is 24.0 Å². The quantitative estimate of drug-likeness (QED) is 0.563. The zero-order chi connectivity index (χ0) is 6.69. The van der Waals surface area contributed by atoms with Crippen molar-refractivity contribution in [1.29, 1.82) is 0 Å². The second-order valence-electron chi connectivity index (χ2n) is 1.84. The van der Waals surface area contributed by atoms with Gasteiger partial charge in [0, 0.05) is 18.0 Å². The van der Waals surface area contributed by atoms with Gasteiger partial charge in [-0.1, -0.05) is 0 Å². The molecular weight excluding hydrogens is 114 g/mol. The third-order valence-corrected chi connectivity index (χ3v) is 1.10. The van der Waals surface area contributed by atoms with Gasteiger partial charge in [0.15, 0.2) is 0 Å². The fourth-order valence-corrected chi connectivity index (χ4v) is 0.647. The van der Waals surface area contributed by atoms with E-state index < -0.39 is 0 Å². The Labute approximate surface area is 54.5 Å². The van der Waals surface area contributed by atoms with Gasteiger partial charge in [-0.05, 0) is 13.0 Å². The number of ether oxygens (including phenoxy) is 1. The number of aromatic nitrogens is 1. The summed E-state index contributed by atoms with van der Waals surface area (Å²) < 4.78 is 4.96. The minimum absolute atomic E-state index is 0.863. The van der Waals surface area contributed by atoms with E-state index >= 15 is 0 Å². The van der Waals surface area contributed by atoms with Crippen molar-refractivity contribution in [2.45, 2.75) is 6.92 Å². The standard InChI is InChI=1S/C7H9NO/c1-6-5-7(9-2)3-4-8-6/h3-5H,1-2H3. The van der Waals surface area contributed by atoms with Crippen molar-refractivity contribution in [3.63, 3.8) is 0 Å². The largest absolute Gasteiger partial charge is 0.497 e. The first-order valence-electron chi connectivity index (χ1n) is 2.79. The maximum atomic E-state index is 4.96. The van der Waals surface area contributed by atoms with E-state index in [0.717, 1.165) is 11.4 Å². The first-order valence-corrected chi connectivity index (χ1v) is 2.79. The van der Waals surface area contributed by atoms with E-state index in [2.05, 4.69) is 4.98 Å². The van der Waals surface area contributed by atoms with Crippen LogP contribution in [0.2, 0.25) is 0 Å². The van der Waals surface area contributed by atoms with Crippen LogP contribution in [-0.2, 0) is 0 Å². The molecule has 1 heterocycles. The number of pyridine rings is 1. The van der Waals surface area contributed by atoms with Gasteiger partial charge in [0.2, 0.25) is 0 Å². The highest BCUT2D eigenvalue weighted by molar-refractivity contribution is 5.21. The second kappa shape index (κ2) is 2.49. The molecule has 1 aromatic heterocycles. The number of hydrogen-bond donors (Lipinski definition) is 0. The molecule has 1 aromatic rings. The highest BCUT2D eigenvalue weighted by atomic mass is 16.5. The summed E-state index contributed by atoms with van der Waals surface area (Å²) in [6, 6.07) is 3.72. The first-order chi connectivity index (χ1) is 4.33. The Morgan fingerprint density at radius 1 is 1.56 bits per heavy atom. The van der Waals surface area contributed by atoms with Crippen LogP contribution >= 0.6 is 0 Å². The molecule has 0 aliphatic carbocycles. The number of aryl methyl sites for hydroxylation is 1. The molecule has 1 rings (SSSR count). The van der Waals surface area contributed by atoms with E-state index in [9.17, 15) is 0 Å². The zero-order valence-corrected chi connectivity index (χ0v) is 5.59. The summed E-state index contributed by atoms with van der Waals surface area (Å²) in [4.78, 5) is 4.01. The topological polar surface area (TPSA) is 22.1 Å². The third-order valence-electron chi connectivity index (χ3n) is 1.10. The molecule has 2 heteroatoms. The van der Waals surface area contributed by atoms with E-state index in [-0.39, 0.29) is 0 Å². The average Bonchev–Trinajstić information content (AvgIpc) is 1.88. The van der Waals surface area contributed by atoms with Crippen molar-refractivity contribution in [1.82, 2.24) is 4.98 Å². The Bertz CT molecular complexity index is 198. The molecule has 0 radical (unpaired) electrons. The lowest BCUT2D eigenvalue weighted by Gasteiger charge is -1.97. The predicted molar refractivity (Wildman–Crippen MR) is 35.5 cm³/mol. The fourth-order valence-electron chi connectivity index (χ4n) is 0.647. The first kappa shape index (κ1) is 6.08. The summed E-state index contributed by atoms with van der Waals surface area (Å²) in [7, 11) is 1.65. The minimum atomic E-state index is 0.863. The van der Waals surface area contributed by atoms with Crippen LogP contribution < -0.4 is 4.74 Å². The molecular formula is C7H9NO. The Morgan fingerprint density at radius 3 is 2.78 bits per heavy atom. The molecule has 0 amide bonds. The van der Waals surface area contributed by atoms with Crippen LogP contribution in [-0.4, -0.2) is 12.1 Å². The molecule has 0 bridgehead atoms. The summed E-state index contributed by atoms with van der Waals surface area (Å²) >= 11 is 0. The normalized spacial score (nSPS) is 9.11. The molecule has 48 valence electrons. The number of nitrogens with zero attached hydrogens (tertiary/aromatic N) is 1. The van der Waals surface area contributed by atoms with Gasteiger partial charge in [-0.3, -0.25) is 4.98 Å². The molecule has 0 aromatic carbocycles. The van der Waals surface area contributed by atoms with Crippen LogP contribution in [0.5, 0.6) is 5.75 Å². The Morgan fingerprint density at radius 2 is 2.33 bits per heavy atom. The maximum Gasteiger partial charge on any atom is 0.122 e. The van der Waals surface area contributed by atoms with Crippen LogP contribution in [0.4, 0.5) is 0 Å². The van der Waals surface area contributed by atoms with Crippen LogP contribution in [0, 0.1) is 6.92 Å². The Kier molecular flexibility index (Phi) is 1.68. The maximum absolute atomic E-state index is 4.96. The van der Waals surface area contributed by atoms with Crippen LogP contribution in [0.15, 0.2) is 18.3 Å². The summed E-state index contributed by atoms with van der Waals surface area (Å²) in [5, 5.41) is 0. The number of rotatable bonds is 1. The lowest BCUT2D eigenvalue weighted by atomic mass is 10.4. The van der Waals surface area contributed by atoms with Crippen LogP contribution in [0.3, 0.4) is 0 Å². The molecule has 9 heavy (non-hydrogen) atoms. The SMILES string of the molecule is COc1ccnc(C)c1. The van der Waals surface area contributed by atoms with Gasteiger partial charge < -0.3 is 4.74 Å². The molecule has 0 aliphatic rings. The molecule has 0 saturated carbocycles. The molecule has 0 atom stereocenters. The van der Waals surface area contributed by atoms with E-state index in [0.29, 0.717) is 0 Å². The van der Waals surface area contributed by atoms with Crippen molar-refractivity contribution in [2.75, 3.05) is 7.11 Å². The monoisotopic (exact) mass is 123 g/mol. The van der Waals surface area contributed by atoms with E-state index in [1.807, 2.05) is 19.1 Å². The second-order valence-corrected chi connectivity index (χ2v) is 1.84. The van der Waals surface area contributed by atoms with Crippen molar-refractivity contribution >= 4 is 0 Å². The molecule has 0 fully saturated rings. The van der Waals surface area contributed by atoms with E-state index in [4.69, 9.17) is 4.74 Å². The van der Waals surface area contributed by atoms with Gasteiger partial charge >= 0.3 is 0 Å². The summed E-state index contributed by atoms with van der Waals surface area (Å²) in [6.45, 7) is 1.93. The molecule has 0 spiro atoms. The molecule has 0 N–H and O–H groups in total. The van der Waals surface area contributed by atoms with Crippen molar-refractivity contribution in [3.8, 4) is 5.75 Å². The highest BCUT2D eigenvalue weighted by Crippen LogP contribution is 2.07. The van der Waals surface area contributed by atoms with Gasteiger partial charge in [-0.15, -0.1) is 0 Å². The lowest BCUT2D eigenvalue weighted by molar-refractivity contribution is 0.414. The van der Waals surface area contributed by atoms with Crippen molar-refractivity contribution in [2.24, 2.45) is 0 Å². The van der Waals surface area contributed by atoms with Gasteiger partial charge in [0.1, 0.15) is 5.75 Å². The zero-order valence-electron chi connectivity index (χ0n) is 5.59.